The number of ether oxygens (including phenoxy) is 1. The molecule has 1 saturated heterocycles. The van der Waals surface area contributed by atoms with Gasteiger partial charge in [-0.15, -0.1) is 0 Å². The van der Waals surface area contributed by atoms with Crippen LogP contribution < -0.4 is 11.3 Å². The highest BCUT2D eigenvalue weighted by atomic mass is 16.5. The van der Waals surface area contributed by atoms with Gasteiger partial charge in [-0.1, -0.05) is 33.6 Å². The first-order chi connectivity index (χ1) is 7.15. The quantitative estimate of drug-likeness (QED) is 0.525. The van der Waals surface area contributed by atoms with E-state index in [1.54, 1.807) is 0 Å². The Kier molecular flexibility index (Phi) is 5.58. The van der Waals surface area contributed by atoms with Gasteiger partial charge in [0.15, 0.2) is 0 Å². The summed E-state index contributed by atoms with van der Waals surface area (Å²) in [4.78, 5) is 0. The van der Waals surface area contributed by atoms with Crippen LogP contribution in [0.4, 0.5) is 0 Å². The average molecular weight is 214 g/mol. The van der Waals surface area contributed by atoms with Crippen molar-refractivity contribution in [2.45, 2.75) is 58.6 Å². The second-order valence-corrected chi connectivity index (χ2v) is 5.20. The van der Waals surface area contributed by atoms with E-state index in [-0.39, 0.29) is 0 Å². The molecule has 3 nitrogen and oxygen atoms in total. The molecule has 0 saturated carbocycles. The number of hydrogen-bond donors (Lipinski definition) is 2. The second-order valence-electron chi connectivity index (χ2n) is 5.20. The first kappa shape index (κ1) is 12.9. The molecule has 1 heterocycles. The SMILES string of the molecule is CC(C)CCCC(NN)C1OCCC1C. The Bertz CT molecular complexity index is 173. The largest absolute Gasteiger partial charge is 0.376 e. The van der Waals surface area contributed by atoms with Gasteiger partial charge in [0.25, 0.3) is 0 Å². The standard InChI is InChI=1S/C12H26N2O/c1-9(2)5-4-6-11(14-13)12-10(3)7-8-15-12/h9-12,14H,4-8,13H2,1-3H3. The van der Waals surface area contributed by atoms with Gasteiger partial charge in [-0.25, -0.2) is 0 Å². The Balaban J connectivity index is 2.28. The van der Waals surface area contributed by atoms with Crippen LogP contribution in [-0.2, 0) is 4.74 Å². The first-order valence-corrected chi connectivity index (χ1v) is 6.23. The average Bonchev–Trinajstić information content (AvgIpc) is 2.59. The van der Waals surface area contributed by atoms with Gasteiger partial charge in [0, 0.05) is 12.6 Å². The smallest absolute Gasteiger partial charge is 0.0767 e. The van der Waals surface area contributed by atoms with Gasteiger partial charge >= 0.3 is 0 Å². The van der Waals surface area contributed by atoms with Crippen molar-refractivity contribution in [2.75, 3.05) is 6.61 Å². The molecule has 3 unspecified atom stereocenters. The third-order valence-electron chi connectivity index (χ3n) is 3.35. The highest BCUT2D eigenvalue weighted by Gasteiger charge is 2.30. The summed E-state index contributed by atoms with van der Waals surface area (Å²) in [5.41, 5.74) is 2.92. The van der Waals surface area contributed by atoms with E-state index in [2.05, 4.69) is 26.2 Å². The van der Waals surface area contributed by atoms with E-state index in [0.717, 1.165) is 18.9 Å². The van der Waals surface area contributed by atoms with Crippen molar-refractivity contribution in [1.82, 2.24) is 5.43 Å². The van der Waals surface area contributed by atoms with Crippen LogP contribution in [0, 0.1) is 11.8 Å². The van der Waals surface area contributed by atoms with Gasteiger partial charge in [0.1, 0.15) is 0 Å². The zero-order valence-electron chi connectivity index (χ0n) is 10.3. The van der Waals surface area contributed by atoms with E-state index >= 15 is 0 Å². The monoisotopic (exact) mass is 214 g/mol. The van der Waals surface area contributed by atoms with E-state index < -0.39 is 0 Å². The zero-order valence-corrected chi connectivity index (χ0v) is 10.3. The minimum atomic E-state index is 0.321. The van der Waals surface area contributed by atoms with Crippen molar-refractivity contribution in [3.63, 3.8) is 0 Å². The van der Waals surface area contributed by atoms with Crippen molar-refractivity contribution < 1.29 is 4.74 Å². The molecule has 0 aromatic heterocycles. The van der Waals surface area contributed by atoms with Gasteiger partial charge in [0.05, 0.1) is 6.10 Å². The molecule has 1 fully saturated rings. The topological polar surface area (TPSA) is 47.3 Å². The Morgan fingerprint density at radius 2 is 2.13 bits per heavy atom. The molecule has 0 radical (unpaired) electrons. The molecule has 3 heteroatoms. The molecule has 1 aliphatic heterocycles. The lowest BCUT2D eigenvalue weighted by Gasteiger charge is -2.25. The summed E-state index contributed by atoms with van der Waals surface area (Å²) in [6, 6.07) is 0.334. The molecule has 0 aromatic rings. The predicted octanol–water partition coefficient (Wildman–Crippen LogP) is 2.07. The van der Waals surface area contributed by atoms with E-state index in [0.29, 0.717) is 18.1 Å². The number of nitrogens with two attached hydrogens (primary N) is 1. The molecule has 0 bridgehead atoms. The molecule has 0 amide bonds. The fourth-order valence-corrected chi connectivity index (χ4v) is 2.32. The van der Waals surface area contributed by atoms with Crippen LogP contribution in [0.1, 0.15) is 46.5 Å². The molecule has 90 valence electrons. The lowest BCUT2D eigenvalue weighted by Crippen LogP contribution is -2.45. The Hall–Kier alpha value is -0.120. The fraction of sp³-hybridized carbons (Fsp3) is 1.00. The molecular weight excluding hydrogens is 188 g/mol. The molecule has 0 spiro atoms. The van der Waals surface area contributed by atoms with Gasteiger partial charge < -0.3 is 4.74 Å². The molecule has 0 aliphatic carbocycles. The summed E-state index contributed by atoms with van der Waals surface area (Å²) in [7, 11) is 0. The van der Waals surface area contributed by atoms with Gasteiger partial charge in [0.2, 0.25) is 0 Å². The third kappa shape index (κ3) is 4.09. The highest BCUT2D eigenvalue weighted by molar-refractivity contribution is 4.83. The molecule has 3 N–H and O–H groups in total. The predicted molar refractivity (Wildman–Crippen MR) is 63.3 cm³/mol. The molecule has 1 rings (SSSR count). The minimum Gasteiger partial charge on any atom is -0.376 e. The Morgan fingerprint density at radius 1 is 1.40 bits per heavy atom. The summed E-state index contributed by atoms with van der Waals surface area (Å²) in [6.45, 7) is 7.68. The van der Waals surface area contributed by atoms with Crippen LogP contribution in [0.2, 0.25) is 0 Å². The molecule has 1 aliphatic rings. The van der Waals surface area contributed by atoms with Crippen LogP contribution in [0.3, 0.4) is 0 Å². The van der Waals surface area contributed by atoms with Crippen molar-refractivity contribution in [3.05, 3.63) is 0 Å². The third-order valence-corrected chi connectivity index (χ3v) is 3.35. The van der Waals surface area contributed by atoms with E-state index in [1.165, 1.54) is 19.3 Å². The molecule has 3 atom stereocenters. The van der Waals surface area contributed by atoms with Crippen LogP contribution in [0.5, 0.6) is 0 Å². The van der Waals surface area contributed by atoms with E-state index in [4.69, 9.17) is 10.6 Å². The van der Waals surface area contributed by atoms with Crippen LogP contribution >= 0.6 is 0 Å². The van der Waals surface area contributed by atoms with Gasteiger partial charge in [-0.2, -0.15) is 0 Å². The summed E-state index contributed by atoms with van der Waals surface area (Å²) in [5, 5.41) is 0. The van der Waals surface area contributed by atoms with E-state index in [9.17, 15) is 0 Å². The lowest BCUT2D eigenvalue weighted by molar-refractivity contribution is 0.0572. The van der Waals surface area contributed by atoms with Crippen LogP contribution in [-0.4, -0.2) is 18.8 Å². The Labute approximate surface area is 93.7 Å². The molecule has 0 aromatic carbocycles. The van der Waals surface area contributed by atoms with Crippen molar-refractivity contribution >= 4 is 0 Å². The zero-order chi connectivity index (χ0) is 11.3. The van der Waals surface area contributed by atoms with Crippen molar-refractivity contribution in [2.24, 2.45) is 17.7 Å². The summed E-state index contributed by atoms with van der Waals surface area (Å²) >= 11 is 0. The molecule has 15 heavy (non-hydrogen) atoms. The maximum absolute atomic E-state index is 5.73. The lowest BCUT2D eigenvalue weighted by atomic mass is 9.93. The second kappa shape index (κ2) is 6.46. The first-order valence-electron chi connectivity index (χ1n) is 6.23. The minimum absolute atomic E-state index is 0.321. The van der Waals surface area contributed by atoms with E-state index in [1.807, 2.05) is 0 Å². The molecular formula is C12H26N2O. The summed E-state index contributed by atoms with van der Waals surface area (Å²) in [5.74, 6) is 7.03. The normalized spacial score (nSPS) is 28.6. The number of nitrogens with one attached hydrogen (secondary N) is 1. The van der Waals surface area contributed by atoms with Gasteiger partial charge in [-0.05, 0) is 24.7 Å². The summed E-state index contributed by atoms with van der Waals surface area (Å²) in [6.07, 6.45) is 5.14. The maximum atomic E-state index is 5.73. The number of hydrogen-bond acceptors (Lipinski definition) is 3. The van der Waals surface area contributed by atoms with Gasteiger partial charge in [-0.3, -0.25) is 11.3 Å². The van der Waals surface area contributed by atoms with Crippen molar-refractivity contribution in [3.8, 4) is 0 Å². The van der Waals surface area contributed by atoms with Crippen LogP contribution in [0.15, 0.2) is 0 Å². The highest BCUT2D eigenvalue weighted by Crippen LogP contribution is 2.25. The van der Waals surface area contributed by atoms with Crippen LogP contribution in [0.25, 0.3) is 0 Å². The summed E-state index contributed by atoms with van der Waals surface area (Å²) < 4.78 is 5.73. The number of rotatable bonds is 6. The fourth-order valence-electron chi connectivity index (χ4n) is 2.32. The van der Waals surface area contributed by atoms with Crippen molar-refractivity contribution in [1.29, 1.82) is 0 Å². The number of hydrazine groups is 1. The maximum Gasteiger partial charge on any atom is 0.0767 e. The Morgan fingerprint density at radius 3 is 2.60 bits per heavy atom.